The average molecular weight is 441 g/mol. The molecular weight excluding hydrogens is 412 g/mol. The molecule has 0 saturated carbocycles. The number of carbonyl (C=O) groups is 1. The first kappa shape index (κ1) is 22.3. The summed E-state index contributed by atoms with van der Waals surface area (Å²) in [4.78, 5) is 20.4. The maximum absolute atomic E-state index is 12.5. The van der Waals surface area contributed by atoms with Crippen molar-refractivity contribution in [2.45, 2.75) is 32.6 Å². The SMILES string of the molecule is CCCCCOc1ccc(/C=N\NC(=O)c2ccc3nc(Cc4ccccc4)[nH]c3c2)cc1. The highest BCUT2D eigenvalue weighted by molar-refractivity contribution is 5.97. The lowest BCUT2D eigenvalue weighted by Crippen LogP contribution is -2.17. The van der Waals surface area contributed by atoms with Gasteiger partial charge in [-0.25, -0.2) is 10.4 Å². The van der Waals surface area contributed by atoms with Crippen LogP contribution in [0.15, 0.2) is 77.9 Å². The number of unbranched alkanes of at least 4 members (excludes halogenated alkanes) is 2. The Morgan fingerprint density at radius 1 is 1.06 bits per heavy atom. The lowest BCUT2D eigenvalue weighted by molar-refractivity contribution is 0.0955. The molecule has 2 N–H and O–H groups in total. The second-order valence-electron chi connectivity index (χ2n) is 7.90. The van der Waals surface area contributed by atoms with Crippen molar-refractivity contribution >= 4 is 23.2 Å². The number of H-pyrrole nitrogens is 1. The Bertz CT molecular complexity index is 1210. The largest absolute Gasteiger partial charge is 0.494 e. The number of hydrazone groups is 1. The van der Waals surface area contributed by atoms with E-state index in [4.69, 9.17) is 4.74 Å². The number of carbonyl (C=O) groups excluding carboxylic acids is 1. The predicted octanol–water partition coefficient (Wildman–Crippen LogP) is 5.49. The summed E-state index contributed by atoms with van der Waals surface area (Å²) in [7, 11) is 0. The molecule has 0 aliphatic carbocycles. The van der Waals surface area contributed by atoms with Gasteiger partial charge in [0.2, 0.25) is 0 Å². The second-order valence-corrected chi connectivity index (χ2v) is 7.90. The number of aromatic amines is 1. The van der Waals surface area contributed by atoms with Crippen LogP contribution in [0.1, 0.15) is 53.5 Å². The molecule has 1 amide bonds. The molecule has 4 rings (SSSR count). The van der Waals surface area contributed by atoms with E-state index in [0.29, 0.717) is 12.0 Å². The molecule has 0 fully saturated rings. The van der Waals surface area contributed by atoms with Crippen molar-refractivity contribution in [3.05, 3.63) is 95.3 Å². The standard InChI is InChI=1S/C27H28N4O2/c1-2-3-7-16-33-23-13-10-21(11-14-23)19-28-31-27(32)22-12-15-24-25(18-22)30-26(29-24)17-20-8-5-4-6-9-20/h4-6,8-15,18-19H,2-3,7,16-17H2,1H3,(H,29,30)(H,31,32)/b28-19-. The number of ether oxygens (including phenoxy) is 1. The molecule has 3 aromatic carbocycles. The van der Waals surface area contributed by atoms with E-state index in [0.717, 1.165) is 41.2 Å². The van der Waals surface area contributed by atoms with E-state index in [1.54, 1.807) is 18.3 Å². The highest BCUT2D eigenvalue weighted by atomic mass is 16.5. The van der Waals surface area contributed by atoms with Crippen LogP contribution in [0, 0.1) is 0 Å². The minimum atomic E-state index is -0.275. The molecule has 0 aliphatic rings. The lowest BCUT2D eigenvalue weighted by Gasteiger charge is -2.05. The highest BCUT2D eigenvalue weighted by Crippen LogP contribution is 2.16. The third-order valence-electron chi connectivity index (χ3n) is 5.28. The number of hydrogen-bond acceptors (Lipinski definition) is 4. The number of nitrogens with zero attached hydrogens (tertiary/aromatic N) is 2. The van der Waals surface area contributed by atoms with Gasteiger partial charge in [-0.3, -0.25) is 4.79 Å². The van der Waals surface area contributed by atoms with E-state index in [-0.39, 0.29) is 5.91 Å². The van der Waals surface area contributed by atoms with E-state index in [1.807, 2.05) is 48.5 Å². The molecule has 1 heterocycles. The fraction of sp³-hybridized carbons (Fsp3) is 0.222. The maximum atomic E-state index is 12.5. The summed E-state index contributed by atoms with van der Waals surface area (Å²) in [6.07, 6.45) is 5.74. The molecule has 0 radical (unpaired) electrons. The molecule has 6 nitrogen and oxygen atoms in total. The van der Waals surface area contributed by atoms with Crippen LogP contribution in [-0.4, -0.2) is 28.7 Å². The third kappa shape index (κ3) is 6.29. The number of amides is 1. The predicted molar refractivity (Wildman–Crippen MR) is 132 cm³/mol. The van der Waals surface area contributed by atoms with Crippen LogP contribution in [0.3, 0.4) is 0 Å². The van der Waals surface area contributed by atoms with Crippen molar-refractivity contribution in [3.8, 4) is 5.75 Å². The van der Waals surface area contributed by atoms with Crippen molar-refractivity contribution < 1.29 is 9.53 Å². The topological polar surface area (TPSA) is 79.4 Å². The molecule has 0 spiro atoms. The van der Waals surface area contributed by atoms with E-state index < -0.39 is 0 Å². The Balaban J connectivity index is 1.33. The zero-order valence-corrected chi connectivity index (χ0v) is 18.8. The fourth-order valence-corrected chi connectivity index (χ4v) is 3.50. The van der Waals surface area contributed by atoms with Crippen LogP contribution in [0.5, 0.6) is 5.75 Å². The van der Waals surface area contributed by atoms with Gasteiger partial charge in [-0.05, 0) is 60.0 Å². The van der Waals surface area contributed by atoms with Gasteiger partial charge in [-0.15, -0.1) is 0 Å². The van der Waals surface area contributed by atoms with Crippen LogP contribution in [0.4, 0.5) is 0 Å². The summed E-state index contributed by atoms with van der Waals surface area (Å²) in [6.45, 7) is 2.90. The van der Waals surface area contributed by atoms with E-state index in [2.05, 4.69) is 39.6 Å². The summed E-state index contributed by atoms with van der Waals surface area (Å²) in [6, 6.07) is 23.2. The van der Waals surface area contributed by atoms with Crippen molar-refractivity contribution in [1.29, 1.82) is 0 Å². The lowest BCUT2D eigenvalue weighted by atomic mass is 10.1. The van der Waals surface area contributed by atoms with Crippen molar-refractivity contribution in [2.75, 3.05) is 6.61 Å². The Labute approximate surface area is 193 Å². The third-order valence-corrected chi connectivity index (χ3v) is 5.28. The van der Waals surface area contributed by atoms with Gasteiger partial charge in [-0.1, -0.05) is 50.1 Å². The Morgan fingerprint density at radius 2 is 1.88 bits per heavy atom. The quantitative estimate of drug-likeness (QED) is 0.194. The van der Waals surface area contributed by atoms with Crippen molar-refractivity contribution in [3.63, 3.8) is 0 Å². The van der Waals surface area contributed by atoms with Gasteiger partial charge in [0.25, 0.3) is 5.91 Å². The van der Waals surface area contributed by atoms with Gasteiger partial charge in [0, 0.05) is 12.0 Å². The van der Waals surface area contributed by atoms with Gasteiger partial charge in [0.05, 0.1) is 23.9 Å². The zero-order chi connectivity index (χ0) is 22.9. The fourth-order valence-electron chi connectivity index (χ4n) is 3.50. The summed E-state index contributed by atoms with van der Waals surface area (Å²) < 4.78 is 5.71. The summed E-state index contributed by atoms with van der Waals surface area (Å²) in [5.41, 5.74) is 6.82. The molecule has 0 aliphatic heterocycles. The van der Waals surface area contributed by atoms with Crippen molar-refractivity contribution in [2.24, 2.45) is 5.10 Å². The summed E-state index contributed by atoms with van der Waals surface area (Å²) >= 11 is 0. The van der Waals surface area contributed by atoms with Crippen molar-refractivity contribution in [1.82, 2.24) is 15.4 Å². The zero-order valence-electron chi connectivity index (χ0n) is 18.8. The highest BCUT2D eigenvalue weighted by Gasteiger charge is 2.09. The number of hydrogen-bond donors (Lipinski definition) is 2. The number of rotatable bonds is 10. The molecule has 0 saturated heterocycles. The second kappa shape index (κ2) is 11.1. The minimum Gasteiger partial charge on any atom is -0.494 e. The number of aromatic nitrogens is 2. The molecule has 0 unspecified atom stereocenters. The maximum Gasteiger partial charge on any atom is 0.271 e. The van der Waals surface area contributed by atoms with Crippen LogP contribution in [0.25, 0.3) is 11.0 Å². The molecule has 1 aromatic heterocycles. The van der Waals surface area contributed by atoms with E-state index in [1.165, 1.54) is 18.4 Å². The summed E-state index contributed by atoms with van der Waals surface area (Å²) in [5.74, 6) is 1.43. The minimum absolute atomic E-state index is 0.275. The van der Waals surface area contributed by atoms with Gasteiger partial charge in [0.1, 0.15) is 11.6 Å². The number of fused-ring (bicyclic) bond motifs is 1. The first-order chi connectivity index (χ1) is 16.2. The molecule has 168 valence electrons. The molecule has 4 aromatic rings. The van der Waals surface area contributed by atoms with Crippen LogP contribution >= 0.6 is 0 Å². The molecule has 0 bridgehead atoms. The van der Waals surface area contributed by atoms with E-state index in [9.17, 15) is 4.79 Å². The van der Waals surface area contributed by atoms with Crippen LogP contribution in [0.2, 0.25) is 0 Å². The number of benzene rings is 3. The number of imidazole rings is 1. The van der Waals surface area contributed by atoms with Gasteiger partial charge in [-0.2, -0.15) is 5.10 Å². The average Bonchev–Trinajstić information content (AvgIpc) is 3.25. The van der Waals surface area contributed by atoms with Gasteiger partial charge >= 0.3 is 0 Å². The monoisotopic (exact) mass is 440 g/mol. The van der Waals surface area contributed by atoms with Gasteiger partial charge < -0.3 is 9.72 Å². The smallest absolute Gasteiger partial charge is 0.271 e. The normalized spacial score (nSPS) is 11.2. The van der Waals surface area contributed by atoms with Gasteiger partial charge in [0.15, 0.2) is 0 Å². The summed E-state index contributed by atoms with van der Waals surface area (Å²) in [5, 5.41) is 4.08. The van der Waals surface area contributed by atoms with Crippen LogP contribution in [-0.2, 0) is 6.42 Å². The molecular formula is C27H28N4O2. The Morgan fingerprint density at radius 3 is 2.67 bits per heavy atom. The Kier molecular flexibility index (Phi) is 7.48. The number of nitrogens with one attached hydrogen (secondary N) is 2. The molecule has 6 heteroatoms. The van der Waals surface area contributed by atoms with Crippen LogP contribution < -0.4 is 10.2 Å². The van der Waals surface area contributed by atoms with E-state index >= 15 is 0 Å². The first-order valence-corrected chi connectivity index (χ1v) is 11.3. The molecule has 33 heavy (non-hydrogen) atoms. The molecule has 0 atom stereocenters. The Hall–Kier alpha value is -3.93. The first-order valence-electron chi connectivity index (χ1n) is 11.3.